The van der Waals surface area contributed by atoms with Crippen molar-refractivity contribution in [2.24, 2.45) is 0 Å². The highest BCUT2D eigenvalue weighted by Gasteiger charge is 2.39. The van der Waals surface area contributed by atoms with Gasteiger partial charge in [0.05, 0.1) is 12.5 Å². The Morgan fingerprint density at radius 3 is 2.62 bits per heavy atom. The monoisotopic (exact) mass is 559 g/mol. The van der Waals surface area contributed by atoms with Crippen molar-refractivity contribution < 1.29 is 41.8 Å². The highest BCUT2D eigenvalue weighted by molar-refractivity contribution is 6.05. The molecule has 3 aliphatic rings. The maximum atomic E-state index is 13.2. The highest BCUT2D eigenvalue weighted by Crippen LogP contribution is 2.31. The third kappa shape index (κ3) is 6.05. The van der Waals surface area contributed by atoms with Gasteiger partial charge in [-0.05, 0) is 55.5 Å². The highest BCUT2D eigenvalue weighted by atomic mass is 19.4. The van der Waals surface area contributed by atoms with Crippen molar-refractivity contribution in [3.63, 3.8) is 0 Å². The van der Waals surface area contributed by atoms with E-state index in [0.29, 0.717) is 29.8 Å². The molecule has 5 rings (SSSR count). The van der Waals surface area contributed by atoms with Gasteiger partial charge < -0.3 is 19.3 Å². The Hall–Kier alpha value is -4.09. The number of rotatable bonds is 7. The number of piperidine rings is 2. The van der Waals surface area contributed by atoms with Crippen LogP contribution in [-0.2, 0) is 27.3 Å². The van der Waals surface area contributed by atoms with Crippen LogP contribution in [0.4, 0.5) is 13.2 Å². The fourth-order valence-electron chi connectivity index (χ4n) is 5.47. The molecule has 0 spiro atoms. The summed E-state index contributed by atoms with van der Waals surface area (Å²) in [7, 11) is 0. The molecule has 1 N–H and O–H groups in total. The zero-order valence-electron chi connectivity index (χ0n) is 21.5. The molecule has 0 aromatic heterocycles. The summed E-state index contributed by atoms with van der Waals surface area (Å²) < 4.78 is 48.5. The van der Waals surface area contributed by atoms with E-state index >= 15 is 0 Å². The second-order valence-corrected chi connectivity index (χ2v) is 10.1. The molecule has 2 aromatic rings. The molecular formula is C28H28F3N3O6. The lowest BCUT2D eigenvalue weighted by molar-refractivity contribution is -0.274. The van der Waals surface area contributed by atoms with Crippen LogP contribution < -0.4 is 14.8 Å². The van der Waals surface area contributed by atoms with Crippen molar-refractivity contribution in [2.75, 3.05) is 13.2 Å². The van der Waals surface area contributed by atoms with Crippen molar-refractivity contribution in [2.45, 2.75) is 63.5 Å². The number of ether oxygens (including phenoxy) is 2. The average Bonchev–Trinajstić information content (AvgIpc) is 3.23. The van der Waals surface area contributed by atoms with E-state index in [4.69, 9.17) is 4.74 Å². The van der Waals surface area contributed by atoms with Crippen LogP contribution in [0.2, 0.25) is 0 Å². The van der Waals surface area contributed by atoms with Crippen LogP contribution in [0.3, 0.4) is 0 Å². The minimum absolute atomic E-state index is 0.152. The first kappa shape index (κ1) is 27.5. The predicted octanol–water partition coefficient (Wildman–Crippen LogP) is 3.35. The fourth-order valence-corrected chi connectivity index (χ4v) is 5.47. The van der Waals surface area contributed by atoms with Crippen molar-refractivity contribution >= 4 is 23.6 Å². The number of imide groups is 1. The lowest BCUT2D eigenvalue weighted by atomic mass is 10.0. The van der Waals surface area contributed by atoms with Crippen LogP contribution in [0, 0.1) is 0 Å². The summed E-state index contributed by atoms with van der Waals surface area (Å²) in [6, 6.07) is 9.65. The van der Waals surface area contributed by atoms with Crippen molar-refractivity contribution in [3.8, 4) is 11.5 Å². The van der Waals surface area contributed by atoms with Gasteiger partial charge in [0.1, 0.15) is 24.1 Å². The molecule has 2 atom stereocenters. The zero-order chi connectivity index (χ0) is 28.4. The number of alkyl halides is 3. The van der Waals surface area contributed by atoms with Gasteiger partial charge in [0.2, 0.25) is 17.7 Å². The van der Waals surface area contributed by atoms with Crippen molar-refractivity contribution in [3.05, 3.63) is 59.2 Å². The fraction of sp³-hybridized carbons (Fsp3) is 0.429. The quantitative estimate of drug-likeness (QED) is 0.522. The second-order valence-electron chi connectivity index (χ2n) is 10.1. The number of hydrogen-bond donors (Lipinski definition) is 1. The molecule has 2 saturated heterocycles. The van der Waals surface area contributed by atoms with Crippen LogP contribution in [0.15, 0.2) is 42.5 Å². The Balaban J connectivity index is 1.22. The first-order valence-corrected chi connectivity index (χ1v) is 13.1. The Morgan fingerprint density at radius 1 is 1.05 bits per heavy atom. The van der Waals surface area contributed by atoms with Gasteiger partial charge in [-0.2, -0.15) is 0 Å². The van der Waals surface area contributed by atoms with Crippen molar-refractivity contribution in [1.82, 2.24) is 15.1 Å². The molecule has 1 unspecified atom stereocenters. The molecule has 3 heterocycles. The SMILES string of the molecule is O=C1CCC(N2Cc3cc(OC[C@@H]4CCCCN4C(=O)Cc4ccccc4OC(F)(F)F)ccc3C2=O)C(=O)N1. The molecule has 2 fully saturated rings. The number of hydrogen-bond acceptors (Lipinski definition) is 6. The lowest BCUT2D eigenvalue weighted by Crippen LogP contribution is -2.52. The summed E-state index contributed by atoms with van der Waals surface area (Å²) in [5.41, 5.74) is 1.32. The third-order valence-corrected chi connectivity index (χ3v) is 7.42. The molecule has 0 saturated carbocycles. The molecule has 4 amide bonds. The molecule has 0 aliphatic carbocycles. The largest absolute Gasteiger partial charge is 0.573 e. The standard InChI is InChI=1S/C28H28F3N3O6/c29-28(30,31)40-23-7-2-1-5-17(23)14-25(36)33-12-4-3-6-19(33)16-39-20-8-9-21-18(13-20)15-34(27(21)38)22-10-11-24(35)32-26(22)37/h1-2,5,7-9,13,19,22H,3-4,6,10-12,14-16H2,(H,32,35,37)/t19-,22?/m0/s1. The van der Waals surface area contributed by atoms with Gasteiger partial charge in [0.15, 0.2) is 0 Å². The normalized spacial score (nSPS) is 21.2. The minimum Gasteiger partial charge on any atom is -0.491 e. The van der Waals surface area contributed by atoms with E-state index in [-0.39, 0.29) is 61.7 Å². The van der Waals surface area contributed by atoms with Crippen LogP contribution in [0.25, 0.3) is 0 Å². The zero-order valence-corrected chi connectivity index (χ0v) is 21.5. The molecule has 212 valence electrons. The van der Waals surface area contributed by atoms with E-state index in [9.17, 15) is 32.3 Å². The summed E-state index contributed by atoms with van der Waals surface area (Å²) >= 11 is 0. The van der Waals surface area contributed by atoms with Gasteiger partial charge in [-0.15, -0.1) is 13.2 Å². The first-order valence-electron chi connectivity index (χ1n) is 13.1. The van der Waals surface area contributed by atoms with E-state index in [1.54, 1.807) is 29.2 Å². The van der Waals surface area contributed by atoms with Crippen LogP contribution in [0.5, 0.6) is 11.5 Å². The lowest BCUT2D eigenvalue weighted by Gasteiger charge is -2.35. The first-order chi connectivity index (χ1) is 19.1. The summed E-state index contributed by atoms with van der Waals surface area (Å²) in [6.45, 7) is 0.857. The van der Waals surface area contributed by atoms with Crippen LogP contribution in [0.1, 0.15) is 53.6 Å². The van der Waals surface area contributed by atoms with Gasteiger partial charge in [-0.3, -0.25) is 24.5 Å². The number of amides is 4. The molecule has 0 bridgehead atoms. The van der Waals surface area contributed by atoms with E-state index < -0.39 is 24.1 Å². The molecule has 3 aliphatic heterocycles. The van der Waals surface area contributed by atoms with Gasteiger partial charge in [0, 0.05) is 30.6 Å². The Bertz CT molecular complexity index is 1330. The summed E-state index contributed by atoms with van der Waals surface area (Å²) in [6.07, 6.45) is -2.32. The molecule has 9 nitrogen and oxygen atoms in total. The smallest absolute Gasteiger partial charge is 0.491 e. The number of likely N-dealkylation sites (tertiary alicyclic amines) is 1. The molecular weight excluding hydrogens is 531 g/mol. The number of para-hydroxylation sites is 1. The van der Waals surface area contributed by atoms with E-state index in [2.05, 4.69) is 10.1 Å². The van der Waals surface area contributed by atoms with Crippen molar-refractivity contribution in [1.29, 1.82) is 0 Å². The second kappa shape index (κ2) is 11.2. The van der Waals surface area contributed by atoms with Crippen LogP contribution >= 0.6 is 0 Å². The van der Waals surface area contributed by atoms with Gasteiger partial charge in [0.25, 0.3) is 5.91 Å². The van der Waals surface area contributed by atoms with E-state index in [1.807, 2.05) is 0 Å². The van der Waals surface area contributed by atoms with Gasteiger partial charge >= 0.3 is 6.36 Å². The van der Waals surface area contributed by atoms with Gasteiger partial charge in [-0.1, -0.05) is 18.2 Å². The topological polar surface area (TPSA) is 105 Å². The number of halogens is 3. The molecule has 40 heavy (non-hydrogen) atoms. The minimum atomic E-state index is -4.86. The summed E-state index contributed by atoms with van der Waals surface area (Å²) in [4.78, 5) is 52.9. The Kier molecular flexibility index (Phi) is 7.68. The Morgan fingerprint density at radius 2 is 1.85 bits per heavy atom. The van der Waals surface area contributed by atoms with E-state index in [0.717, 1.165) is 12.8 Å². The molecule has 2 aromatic carbocycles. The van der Waals surface area contributed by atoms with Gasteiger partial charge in [-0.25, -0.2) is 0 Å². The molecule has 12 heteroatoms. The summed E-state index contributed by atoms with van der Waals surface area (Å²) in [5, 5.41) is 2.28. The van der Waals surface area contributed by atoms with E-state index in [1.165, 1.54) is 23.1 Å². The number of nitrogens with zero attached hydrogens (tertiary/aromatic N) is 2. The third-order valence-electron chi connectivity index (χ3n) is 7.42. The maximum absolute atomic E-state index is 13.2. The number of benzene rings is 2. The maximum Gasteiger partial charge on any atom is 0.573 e. The Labute approximate surface area is 228 Å². The van der Waals surface area contributed by atoms with Crippen LogP contribution in [-0.4, -0.2) is 65.0 Å². The number of carbonyl (C=O) groups is 4. The summed E-state index contributed by atoms with van der Waals surface area (Å²) in [5.74, 6) is -1.33. The molecule has 0 radical (unpaired) electrons. The number of fused-ring (bicyclic) bond motifs is 1. The number of carbonyl (C=O) groups excluding carboxylic acids is 4. The number of nitrogens with one attached hydrogen (secondary N) is 1. The average molecular weight is 560 g/mol. The predicted molar refractivity (Wildman–Crippen MR) is 134 cm³/mol.